The van der Waals surface area contributed by atoms with E-state index in [1.165, 1.54) is 0 Å². The van der Waals surface area contributed by atoms with Crippen LogP contribution < -0.4 is 5.32 Å². The van der Waals surface area contributed by atoms with Crippen LogP contribution in [0.1, 0.15) is 11.1 Å². The van der Waals surface area contributed by atoms with Gasteiger partial charge in [0.15, 0.2) is 0 Å². The van der Waals surface area contributed by atoms with Gasteiger partial charge in [-0.05, 0) is 21.6 Å². The lowest BCUT2D eigenvalue weighted by Gasteiger charge is -2.05. The van der Waals surface area contributed by atoms with Gasteiger partial charge >= 0.3 is 0 Å². The smallest absolute Gasteiger partial charge is 0.242 e. The van der Waals surface area contributed by atoms with E-state index in [1.807, 2.05) is 24.3 Å². The molecule has 0 atom stereocenters. The first-order valence-corrected chi connectivity index (χ1v) is 4.94. The van der Waals surface area contributed by atoms with Crippen LogP contribution in [0.3, 0.4) is 0 Å². The van der Waals surface area contributed by atoms with Crippen LogP contribution in [-0.2, 0) is 20.2 Å². The number of hydrogen-bond acceptors (Lipinski definition) is 5. The third-order valence-corrected chi connectivity index (χ3v) is 2.24. The van der Waals surface area contributed by atoms with Gasteiger partial charge in [-0.1, -0.05) is 29.4 Å². The zero-order valence-corrected chi connectivity index (χ0v) is 8.96. The highest BCUT2D eigenvalue weighted by Gasteiger charge is 2.01. The molecule has 2 N–H and O–H groups in total. The van der Waals surface area contributed by atoms with Crippen LogP contribution in [-0.4, -0.2) is 25.3 Å². The summed E-state index contributed by atoms with van der Waals surface area (Å²) >= 11 is 0. The average molecular weight is 219 g/mol. The van der Waals surface area contributed by atoms with Crippen molar-refractivity contribution in [1.29, 1.82) is 0 Å². The summed E-state index contributed by atoms with van der Waals surface area (Å²) in [5.74, 6) is 0.620. The molecule has 6 heteroatoms. The highest BCUT2D eigenvalue weighted by Crippen LogP contribution is 2.07. The van der Waals surface area contributed by atoms with Gasteiger partial charge in [0.05, 0.1) is 6.61 Å². The summed E-state index contributed by atoms with van der Waals surface area (Å²) in [7, 11) is 1.77. The Morgan fingerprint density at radius 1 is 1.38 bits per heavy atom. The maximum atomic E-state index is 9.00. The molecule has 2 rings (SSSR count). The minimum atomic E-state index is 0.0549. The van der Waals surface area contributed by atoms with Crippen molar-refractivity contribution in [1.82, 2.24) is 20.2 Å². The zero-order chi connectivity index (χ0) is 11.4. The van der Waals surface area contributed by atoms with Crippen LogP contribution in [0.25, 0.3) is 0 Å². The number of aryl methyl sites for hydroxylation is 1. The molecule has 1 aromatic heterocycles. The standard InChI is InChI=1S/C10H13N5O/c1-15-10(12-13-14-15)11-6-8-3-2-4-9(5-8)7-16/h2-5,16H,6-7H2,1H3,(H,11,12,14). The van der Waals surface area contributed by atoms with Gasteiger partial charge in [-0.3, -0.25) is 0 Å². The highest BCUT2D eigenvalue weighted by molar-refractivity contribution is 5.28. The molecular weight excluding hydrogens is 206 g/mol. The first-order valence-electron chi connectivity index (χ1n) is 4.94. The lowest BCUT2D eigenvalue weighted by Crippen LogP contribution is -2.05. The topological polar surface area (TPSA) is 75.9 Å². The molecule has 0 fully saturated rings. The molecule has 0 aliphatic heterocycles. The van der Waals surface area contributed by atoms with Crippen molar-refractivity contribution in [2.75, 3.05) is 5.32 Å². The Kier molecular flexibility index (Phi) is 3.11. The molecule has 6 nitrogen and oxygen atoms in total. The summed E-state index contributed by atoms with van der Waals surface area (Å²) < 4.78 is 1.57. The van der Waals surface area contributed by atoms with Gasteiger partial charge in [0.1, 0.15) is 0 Å². The predicted octanol–water partition coefficient (Wildman–Crippen LogP) is 0.314. The van der Waals surface area contributed by atoms with Gasteiger partial charge in [-0.2, -0.15) is 0 Å². The number of aliphatic hydroxyl groups is 1. The van der Waals surface area contributed by atoms with E-state index in [0.717, 1.165) is 11.1 Å². The monoisotopic (exact) mass is 219 g/mol. The lowest BCUT2D eigenvalue weighted by atomic mass is 10.1. The molecule has 2 aromatic rings. The number of aliphatic hydroxyl groups excluding tert-OH is 1. The number of tetrazole rings is 1. The molecule has 0 unspecified atom stereocenters. The van der Waals surface area contributed by atoms with Crippen LogP contribution in [0.5, 0.6) is 0 Å². The second-order valence-corrected chi connectivity index (χ2v) is 3.46. The van der Waals surface area contributed by atoms with Gasteiger partial charge in [0.2, 0.25) is 5.95 Å². The number of nitrogens with zero attached hydrogens (tertiary/aromatic N) is 4. The van der Waals surface area contributed by atoms with Crippen LogP contribution in [0.2, 0.25) is 0 Å². The van der Waals surface area contributed by atoms with Crippen molar-refractivity contribution < 1.29 is 5.11 Å². The van der Waals surface area contributed by atoms with Gasteiger partial charge in [-0.25, -0.2) is 4.68 Å². The maximum Gasteiger partial charge on any atom is 0.242 e. The number of aromatic nitrogens is 4. The second kappa shape index (κ2) is 4.71. The molecule has 1 heterocycles. The van der Waals surface area contributed by atoms with Crippen molar-refractivity contribution >= 4 is 5.95 Å². The Labute approximate surface area is 92.9 Å². The quantitative estimate of drug-likeness (QED) is 0.774. The largest absolute Gasteiger partial charge is 0.392 e. The van der Waals surface area contributed by atoms with E-state index in [9.17, 15) is 0 Å². The summed E-state index contributed by atoms with van der Waals surface area (Å²) in [5, 5.41) is 23.2. The van der Waals surface area contributed by atoms with Gasteiger partial charge in [0, 0.05) is 13.6 Å². The zero-order valence-electron chi connectivity index (χ0n) is 8.96. The summed E-state index contributed by atoms with van der Waals surface area (Å²) in [6.07, 6.45) is 0. The van der Waals surface area contributed by atoms with E-state index in [4.69, 9.17) is 5.11 Å². The number of anilines is 1. The van der Waals surface area contributed by atoms with Crippen LogP contribution >= 0.6 is 0 Å². The second-order valence-electron chi connectivity index (χ2n) is 3.46. The molecule has 84 valence electrons. The number of benzene rings is 1. The first kappa shape index (κ1) is 10.6. The number of nitrogens with one attached hydrogen (secondary N) is 1. The number of rotatable bonds is 4. The van der Waals surface area contributed by atoms with E-state index in [0.29, 0.717) is 12.5 Å². The van der Waals surface area contributed by atoms with Crippen LogP contribution in [0.4, 0.5) is 5.95 Å². The molecule has 16 heavy (non-hydrogen) atoms. The molecule has 1 aromatic carbocycles. The fourth-order valence-corrected chi connectivity index (χ4v) is 1.40. The van der Waals surface area contributed by atoms with Crippen LogP contribution in [0.15, 0.2) is 24.3 Å². The van der Waals surface area contributed by atoms with Crippen molar-refractivity contribution in [2.45, 2.75) is 13.2 Å². The van der Waals surface area contributed by atoms with Crippen molar-refractivity contribution in [2.24, 2.45) is 7.05 Å². The van der Waals surface area contributed by atoms with Crippen LogP contribution in [0, 0.1) is 0 Å². The van der Waals surface area contributed by atoms with Gasteiger partial charge in [0.25, 0.3) is 0 Å². The highest BCUT2D eigenvalue weighted by atomic mass is 16.3. The van der Waals surface area contributed by atoms with Gasteiger partial charge < -0.3 is 10.4 Å². The summed E-state index contributed by atoms with van der Waals surface area (Å²) in [5.41, 5.74) is 1.98. The third kappa shape index (κ3) is 2.34. The summed E-state index contributed by atoms with van der Waals surface area (Å²) in [4.78, 5) is 0. The van der Waals surface area contributed by atoms with Crippen molar-refractivity contribution in [3.05, 3.63) is 35.4 Å². The number of hydrogen-bond donors (Lipinski definition) is 2. The Morgan fingerprint density at radius 3 is 2.88 bits per heavy atom. The fourth-order valence-electron chi connectivity index (χ4n) is 1.40. The van der Waals surface area contributed by atoms with E-state index < -0.39 is 0 Å². The Bertz CT molecular complexity index is 468. The van der Waals surface area contributed by atoms with E-state index in [1.54, 1.807) is 11.7 Å². The SMILES string of the molecule is Cn1nnnc1NCc1cccc(CO)c1. The predicted molar refractivity (Wildman–Crippen MR) is 58.5 cm³/mol. The molecule has 0 bridgehead atoms. The maximum absolute atomic E-state index is 9.00. The molecule has 0 spiro atoms. The van der Waals surface area contributed by atoms with E-state index in [-0.39, 0.29) is 6.61 Å². The fraction of sp³-hybridized carbons (Fsp3) is 0.300. The molecule has 0 aliphatic rings. The molecule has 0 radical (unpaired) electrons. The Hall–Kier alpha value is -1.95. The normalized spacial score (nSPS) is 10.4. The van der Waals surface area contributed by atoms with Gasteiger partial charge in [-0.15, -0.1) is 0 Å². The third-order valence-electron chi connectivity index (χ3n) is 2.24. The van der Waals surface area contributed by atoms with E-state index >= 15 is 0 Å². The molecule has 0 saturated heterocycles. The van der Waals surface area contributed by atoms with Crippen molar-refractivity contribution in [3.8, 4) is 0 Å². The molecule has 0 aliphatic carbocycles. The summed E-state index contributed by atoms with van der Waals surface area (Å²) in [6, 6.07) is 7.72. The van der Waals surface area contributed by atoms with E-state index in [2.05, 4.69) is 20.8 Å². The minimum absolute atomic E-state index is 0.0549. The lowest BCUT2D eigenvalue weighted by molar-refractivity contribution is 0.281. The average Bonchev–Trinajstić information content (AvgIpc) is 2.72. The minimum Gasteiger partial charge on any atom is -0.392 e. The molecular formula is C10H13N5O. The first-order chi connectivity index (χ1) is 7.79. The Balaban J connectivity index is 2.02. The van der Waals surface area contributed by atoms with Crippen molar-refractivity contribution in [3.63, 3.8) is 0 Å². The Morgan fingerprint density at radius 2 is 2.19 bits per heavy atom. The molecule has 0 amide bonds. The molecule has 0 saturated carbocycles. The summed E-state index contributed by atoms with van der Waals surface area (Å²) in [6.45, 7) is 0.682.